The van der Waals surface area contributed by atoms with Crippen LogP contribution in [0.5, 0.6) is 0 Å². The van der Waals surface area contributed by atoms with Gasteiger partial charge in [0.25, 0.3) is 11.8 Å². The van der Waals surface area contributed by atoms with Crippen LogP contribution in [0.1, 0.15) is 82.7 Å². The van der Waals surface area contributed by atoms with Crippen LogP contribution in [0.25, 0.3) is 0 Å². The van der Waals surface area contributed by atoms with Gasteiger partial charge in [-0.05, 0) is 44.1 Å². The largest absolute Gasteiger partial charge is 0.360 e. The third kappa shape index (κ3) is 3.47. The molecule has 3 fully saturated rings. The van der Waals surface area contributed by atoms with Crippen LogP contribution in [0, 0.1) is 0 Å². The van der Waals surface area contributed by atoms with Crippen molar-refractivity contribution < 1.29 is 14.1 Å². The minimum atomic E-state index is -0.231. The van der Waals surface area contributed by atoms with Gasteiger partial charge in [0.1, 0.15) is 11.6 Å². The molecule has 35 heavy (non-hydrogen) atoms. The van der Waals surface area contributed by atoms with Crippen LogP contribution in [0.4, 0.5) is 0 Å². The molecule has 3 aromatic rings. The molecule has 7 rings (SSSR count). The van der Waals surface area contributed by atoms with Crippen LogP contribution in [-0.4, -0.2) is 55.3 Å². The molecule has 1 aromatic carbocycles. The van der Waals surface area contributed by atoms with Gasteiger partial charge in [-0.15, -0.1) is 10.2 Å². The highest BCUT2D eigenvalue weighted by Crippen LogP contribution is 2.47. The Hall–Kier alpha value is -3.49. The Morgan fingerprint density at radius 1 is 1.06 bits per heavy atom. The monoisotopic (exact) mass is 472 g/mol. The summed E-state index contributed by atoms with van der Waals surface area (Å²) in [6, 6.07) is 12.4. The fraction of sp³-hybridized carbons (Fsp3) is 0.500. The Morgan fingerprint density at radius 3 is 2.66 bits per heavy atom. The number of hydrogen-bond donors (Lipinski definition) is 1. The van der Waals surface area contributed by atoms with E-state index in [1.165, 1.54) is 5.56 Å². The van der Waals surface area contributed by atoms with Crippen LogP contribution in [0.15, 0.2) is 40.9 Å². The van der Waals surface area contributed by atoms with Gasteiger partial charge in [0.05, 0.1) is 6.04 Å². The molecule has 2 atom stereocenters. The number of nitrogens with one attached hydrogen (secondary N) is 1. The third-order valence-electron chi connectivity index (χ3n) is 8.24. The molecular weight excluding hydrogens is 444 g/mol. The van der Waals surface area contributed by atoms with E-state index in [1.807, 2.05) is 21.6 Å². The van der Waals surface area contributed by atoms with Crippen molar-refractivity contribution in [2.75, 3.05) is 6.54 Å². The van der Waals surface area contributed by atoms with Crippen molar-refractivity contribution in [3.05, 3.63) is 65.1 Å². The Morgan fingerprint density at radius 2 is 1.89 bits per heavy atom. The number of carbonyl (C=O) groups excluding carboxylic acids is 2. The second kappa shape index (κ2) is 7.76. The number of likely N-dealkylation sites (tertiary alicyclic amines) is 1. The van der Waals surface area contributed by atoms with E-state index < -0.39 is 0 Å². The lowest BCUT2D eigenvalue weighted by Crippen LogP contribution is -2.47. The average molecular weight is 473 g/mol. The summed E-state index contributed by atoms with van der Waals surface area (Å²) in [6.07, 6.45) is 6.59. The van der Waals surface area contributed by atoms with Gasteiger partial charge in [-0.25, -0.2) is 0 Å². The number of carbonyl (C=O) groups is 2. The molecule has 2 aromatic heterocycles. The molecule has 0 bridgehead atoms. The molecule has 4 heterocycles. The quantitative estimate of drug-likeness (QED) is 0.612. The summed E-state index contributed by atoms with van der Waals surface area (Å²) in [5.74, 6) is 2.07. The first kappa shape index (κ1) is 20.8. The Labute approximate surface area is 202 Å². The zero-order valence-corrected chi connectivity index (χ0v) is 19.5. The highest BCUT2D eigenvalue weighted by Gasteiger charge is 2.52. The van der Waals surface area contributed by atoms with E-state index >= 15 is 0 Å². The molecule has 0 spiro atoms. The topological polar surface area (TPSA) is 106 Å². The van der Waals surface area contributed by atoms with E-state index in [9.17, 15) is 9.59 Å². The van der Waals surface area contributed by atoms with E-state index in [-0.39, 0.29) is 29.3 Å². The van der Waals surface area contributed by atoms with E-state index in [0.29, 0.717) is 36.9 Å². The zero-order valence-electron chi connectivity index (χ0n) is 19.5. The number of fused-ring (bicyclic) bond motifs is 2. The predicted octanol–water partition coefficient (Wildman–Crippen LogP) is 2.83. The maximum atomic E-state index is 13.8. The Balaban J connectivity index is 1.27. The normalized spacial score (nSPS) is 25.6. The van der Waals surface area contributed by atoms with Gasteiger partial charge in [-0.2, -0.15) is 0 Å². The van der Waals surface area contributed by atoms with Gasteiger partial charge in [-0.1, -0.05) is 35.5 Å². The van der Waals surface area contributed by atoms with E-state index in [2.05, 4.69) is 44.9 Å². The van der Waals surface area contributed by atoms with Crippen LogP contribution in [0.3, 0.4) is 0 Å². The molecule has 0 unspecified atom stereocenters. The van der Waals surface area contributed by atoms with E-state index in [4.69, 9.17) is 4.52 Å². The lowest BCUT2D eigenvalue weighted by Gasteiger charge is -2.37. The molecule has 0 radical (unpaired) electrons. The van der Waals surface area contributed by atoms with E-state index in [1.54, 1.807) is 0 Å². The van der Waals surface area contributed by atoms with Gasteiger partial charge in [0, 0.05) is 43.0 Å². The maximum absolute atomic E-state index is 13.8. The molecule has 4 aliphatic rings. The highest BCUT2D eigenvalue weighted by molar-refractivity contribution is 5.93. The lowest BCUT2D eigenvalue weighted by molar-refractivity contribution is 0.0677. The number of aryl methyl sites for hydroxylation is 1. The van der Waals surface area contributed by atoms with Crippen molar-refractivity contribution in [3.63, 3.8) is 0 Å². The second-order valence-electron chi connectivity index (χ2n) is 10.5. The van der Waals surface area contributed by atoms with Crippen LogP contribution in [-0.2, 0) is 18.4 Å². The standard InChI is InChI=1S/C26H28N6O3/c33-24(27-18-8-9-18)23-29-28-22-10-11-26(17-4-2-1-3-5-17)12-13-31(21(26)15-32(22)23)25(34)19-14-20(35-30-19)16-6-7-16/h1-5,14,16,18,21H,6-13,15H2,(H,27,33)/t21-,26-/m0/s1. The summed E-state index contributed by atoms with van der Waals surface area (Å²) in [4.78, 5) is 28.6. The molecule has 9 heteroatoms. The van der Waals surface area contributed by atoms with Gasteiger partial charge in [-0.3, -0.25) is 9.59 Å². The number of benzene rings is 1. The SMILES string of the molecule is O=C(NC1CC1)c1nnc2n1C[C@@H]1N(C(=O)c3cc(C4CC4)on3)CC[C@]1(c1ccccc1)CC2. The highest BCUT2D eigenvalue weighted by atomic mass is 16.5. The van der Waals surface area contributed by atoms with Crippen molar-refractivity contribution in [1.82, 2.24) is 30.1 Å². The molecule has 2 aliphatic heterocycles. The van der Waals surface area contributed by atoms with Crippen molar-refractivity contribution in [3.8, 4) is 0 Å². The zero-order chi connectivity index (χ0) is 23.6. The van der Waals surface area contributed by atoms with Crippen molar-refractivity contribution in [2.45, 2.75) is 74.9 Å². The van der Waals surface area contributed by atoms with E-state index in [0.717, 1.165) is 50.1 Å². The average Bonchev–Trinajstić information content (AvgIpc) is 3.78. The molecule has 1 N–H and O–H groups in total. The molecule has 1 saturated heterocycles. The Kier molecular flexibility index (Phi) is 4.62. The predicted molar refractivity (Wildman–Crippen MR) is 125 cm³/mol. The smallest absolute Gasteiger partial charge is 0.289 e. The number of hydrogen-bond acceptors (Lipinski definition) is 6. The van der Waals surface area contributed by atoms with Crippen molar-refractivity contribution in [2.24, 2.45) is 0 Å². The molecule has 180 valence electrons. The summed E-state index contributed by atoms with van der Waals surface area (Å²) in [5, 5.41) is 15.8. The summed E-state index contributed by atoms with van der Waals surface area (Å²) in [6.45, 7) is 1.11. The van der Waals surface area contributed by atoms with Gasteiger partial charge in [0.2, 0.25) is 5.82 Å². The third-order valence-corrected chi connectivity index (χ3v) is 8.24. The number of aromatic nitrogens is 4. The first-order valence-electron chi connectivity index (χ1n) is 12.7. The molecule has 2 saturated carbocycles. The number of rotatable bonds is 5. The van der Waals surface area contributed by atoms with Gasteiger partial charge in [0.15, 0.2) is 5.69 Å². The van der Waals surface area contributed by atoms with Crippen LogP contribution >= 0.6 is 0 Å². The van der Waals surface area contributed by atoms with Crippen molar-refractivity contribution >= 4 is 11.8 Å². The first-order chi connectivity index (χ1) is 17.1. The van der Waals surface area contributed by atoms with Crippen LogP contribution < -0.4 is 5.32 Å². The lowest BCUT2D eigenvalue weighted by atomic mass is 9.71. The number of nitrogens with zero attached hydrogens (tertiary/aromatic N) is 5. The minimum absolute atomic E-state index is 0.107. The molecule has 2 aliphatic carbocycles. The Bertz CT molecular complexity index is 1290. The molecule has 9 nitrogen and oxygen atoms in total. The van der Waals surface area contributed by atoms with Crippen molar-refractivity contribution in [1.29, 1.82) is 0 Å². The first-order valence-corrected chi connectivity index (χ1v) is 12.7. The summed E-state index contributed by atoms with van der Waals surface area (Å²) in [5.41, 5.74) is 1.36. The second-order valence-corrected chi connectivity index (χ2v) is 10.5. The van der Waals surface area contributed by atoms with Gasteiger partial charge < -0.3 is 19.3 Å². The molecule has 2 amide bonds. The summed E-state index contributed by atoms with van der Waals surface area (Å²) >= 11 is 0. The maximum Gasteiger partial charge on any atom is 0.289 e. The summed E-state index contributed by atoms with van der Waals surface area (Å²) < 4.78 is 7.44. The van der Waals surface area contributed by atoms with Gasteiger partial charge >= 0.3 is 0 Å². The van der Waals surface area contributed by atoms with Crippen LogP contribution in [0.2, 0.25) is 0 Å². The number of amides is 2. The minimum Gasteiger partial charge on any atom is -0.360 e. The fourth-order valence-corrected chi connectivity index (χ4v) is 5.96. The fourth-order valence-electron chi connectivity index (χ4n) is 5.96. The molecular formula is C26H28N6O3. The summed E-state index contributed by atoms with van der Waals surface area (Å²) in [7, 11) is 0.